The number of hydrogen-bond acceptors (Lipinski definition) is 6. The van der Waals surface area contributed by atoms with Gasteiger partial charge in [0.1, 0.15) is 17.1 Å². The fraction of sp³-hybridized carbons (Fsp3) is 0.364. The first kappa shape index (κ1) is 28.2. The summed E-state index contributed by atoms with van der Waals surface area (Å²) in [5, 5.41) is 0. The Morgan fingerprint density at radius 3 is 2.51 bits per heavy atom. The van der Waals surface area contributed by atoms with Gasteiger partial charge >= 0.3 is 5.97 Å². The summed E-state index contributed by atoms with van der Waals surface area (Å²) in [6.07, 6.45) is 4.43. The summed E-state index contributed by atoms with van der Waals surface area (Å²) in [7, 11) is 1.65. The van der Waals surface area contributed by atoms with Gasteiger partial charge in [0, 0.05) is 31.3 Å². The minimum absolute atomic E-state index is 0.0334. The number of amides is 1. The predicted molar refractivity (Wildman–Crippen MR) is 158 cm³/mol. The van der Waals surface area contributed by atoms with E-state index < -0.39 is 0 Å². The Morgan fingerprint density at radius 2 is 1.73 bits per heavy atom. The van der Waals surface area contributed by atoms with Crippen molar-refractivity contribution in [3.8, 4) is 33.9 Å². The van der Waals surface area contributed by atoms with Crippen LogP contribution in [0.4, 0.5) is 0 Å². The number of rotatable bonds is 10. The number of ether oxygens (including phenoxy) is 3. The molecule has 1 unspecified atom stereocenters. The SMILES string of the molecule is CCOC(=O)C1CCCN(C(=O)CCc2c(-c3cccc(OC)c3)nc3ccc(-c4cccc(OCC)c4)cn23)C1. The molecule has 1 atom stereocenters. The minimum atomic E-state index is -0.259. The van der Waals surface area contributed by atoms with E-state index in [9.17, 15) is 9.59 Å². The van der Waals surface area contributed by atoms with Crippen molar-refractivity contribution < 1.29 is 23.8 Å². The molecule has 0 N–H and O–H groups in total. The van der Waals surface area contributed by atoms with E-state index in [0.717, 1.165) is 58.1 Å². The molecule has 5 rings (SSSR count). The standard InChI is InChI=1S/C33H37N3O5/c1-4-40-28-13-6-9-23(19-28)25-14-16-30-34-32(24-10-7-12-27(20-24)39-3)29(36(30)22-25)15-17-31(37)35-18-8-11-26(21-35)33(38)41-5-2/h6-7,9-10,12-14,16,19-20,22,26H,4-5,8,11,15,17-18,21H2,1-3H3. The van der Waals surface area contributed by atoms with Crippen LogP contribution in [0.15, 0.2) is 66.9 Å². The second-order valence-electron chi connectivity index (χ2n) is 10.2. The van der Waals surface area contributed by atoms with Crippen LogP contribution in [0.25, 0.3) is 28.0 Å². The van der Waals surface area contributed by atoms with Gasteiger partial charge in [-0.05, 0) is 80.6 Å². The largest absolute Gasteiger partial charge is 0.497 e. The number of imidazole rings is 1. The van der Waals surface area contributed by atoms with Crippen LogP contribution in [0, 0.1) is 5.92 Å². The van der Waals surface area contributed by atoms with E-state index >= 15 is 0 Å². The van der Waals surface area contributed by atoms with Crippen molar-refractivity contribution in [3.63, 3.8) is 0 Å². The lowest BCUT2D eigenvalue weighted by atomic mass is 9.97. The van der Waals surface area contributed by atoms with Crippen molar-refractivity contribution in [1.82, 2.24) is 14.3 Å². The molecule has 3 heterocycles. The highest BCUT2D eigenvalue weighted by Crippen LogP contribution is 2.31. The van der Waals surface area contributed by atoms with Crippen molar-refractivity contribution in [2.75, 3.05) is 33.4 Å². The van der Waals surface area contributed by atoms with Crippen molar-refractivity contribution in [1.29, 1.82) is 0 Å². The molecule has 2 aromatic heterocycles. The Hall–Kier alpha value is -4.33. The number of pyridine rings is 1. The summed E-state index contributed by atoms with van der Waals surface area (Å²) in [5.41, 5.74) is 5.55. The average molecular weight is 556 g/mol. The van der Waals surface area contributed by atoms with Gasteiger partial charge in [0.05, 0.1) is 37.6 Å². The zero-order valence-electron chi connectivity index (χ0n) is 24.0. The van der Waals surface area contributed by atoms with Crippen molar-refractivity contribution in [2.45, 2.75) is 39.5 Å². The number of esters is 1. The van der Waals surface area contributed by atoms with Crippen LogP contribution in [0.2, 0.25) is 0 Å². The highest BCUT2D eigenvalue weighted by molar-refractivity contribution is 5.79. The lowest BCUT2D eigenvalue weighted by Gasteiger charge is -2.31. The molecule has 1 amide bonds. The molecule has 0 spiro atoms. The maximum atomic E-state index is 13.4. The third-order valence-corrected chi connectivity index (χ3v) is 7.51. The second kappa shape index (κ2) is 12.9. The van der Waals surface area contributed by atoms with Gasteiger partial charge in [-0.2, -0.15) is 0 Å². The average Bonchev–Trinajstić information content (AvgIpc) is 3.38. The summed E-state index contributed by atoms with van der Waals surface area (Å²) >= 11 is 0. The van der Waals surface area contributed by atoms with Crippen LogP contribution in [0.1, 0.15) is 38.8 Å². The molecule has 1 aliphatic heterocycles. The first-order valence-electron chi connectivity index (χ1n) is 14.3. The molecule has 0 saturated carbocycles. The molecule has 41 heavy (non-hydrogen) atoms. The molecule has 0 radical (unpaired) electrons. The Morgan fingerprint density at radius 1 is 0.951 bits per heavy atom. The number of piperidine rings is 1. The maximum absolute atomic E-state index is 13.4. The molecular formula is C33H37N3O5. The molecule has 0 aliphatic carbocycles. The highest BCUT2D eigenvalue weighted by atomic mass is 16.5. The molecule has 214 valence electrons. The molecule has 1 saturated heterocycles. The molecule has 1 aliphatic rings. The third-order valence-electron chi connectivity index (χ3n) is 7.51. The smallest absolute Gasteiger partial charge is 0.310 e. The van der Waals surface area contributed by atoms with Crippen molar-refractivity contribution >= 4 is 17.5 Å². The molecule has 8 nitrogen and oxygen atoms in total. The number of benzene rings is 2. The first-order chi connectivity index (χ1) is 20.0. The Kier molecular flexibility index (Phi) is 8.87. The Balaban J connectivity index is 1.47. The van der Waals surface area contributed by atoms with Crippen molar-refractivity contribution in [3.05, 3.63) is 72.6 Å². The number of nitrogens with zero attached hydrogens (tertiary/aromatic N) is 3. The van der Waals surface area contributed by atoms with E-state index in [0.29, 0.717) is 39.1 Å². The summed E-state index contributed by atoms with van der Waals surface area (Å²) in [5.74, 6) is 1.12. The van der Waals surface area contributed by atoms with Crippen LogP contribution < -0.4 is 9.47 Å². The quantitative estimate of drug-likeness (QED) is 0.230. The topological polar surface area (TPSA) is 82.4 Å². The summed E-state index contributed by atoms with van der Waals surface area (Å²) in [4.78, 5) is 32.5. The van der Waals surface area contributed by atoms with Crippen LogP contribution in [0.5, 0.6) is 11.5 Å². The fourth-order valence-corrected chi connectivity index (χ4v) is 5.48. The van der Waals surface area contributed by atoms with E-state index in [1.165, 1.54) is 0 Å². The van der Waals surface area contributed by atoms with Gasteiger partial charge in [0.2, 0.25) is 5.91 Å². The zero-order valence-corrected chi connectivity index (χ0v) is 24.0. The number of methoxy groups -OCH3 is 1. The number of carbonyl (C=O) groups is 2. The summed E-state index contributed by atoms with van der Waals surface area (Å²) in [6.45, 7) is 5.80. The predicted octanol–water partition coefficient (Wildman–Crippen LogP) is 5.81. The van der Waals surface area contributed by atoms with Crippen LogP contribution >= 0.6 is 0 Å². The van der Waals surface area contributed by atoms with Crippen LogP contribution in [0.3, 0.4) is 0 Å². The molecular weight excluding hydrogens is 518 g/mol. The van der Waals surface area contributed by atoms with Gasteiger partial charge in [-0.3, -0.25) is 9.59 Å². The summed E-state index contributed by atoms with van der Waals surface area (Å²) < 4.78 is 18.5. The fourth-order valence-electron chi connectivity index (χ4n) is 5.48. The number of aromatic nitrogens is 2. The number of carbonyl (C=O) groups excluding carboxylic acids is 2. The molecule has 1 fully saturated rings. The number of likely N-dealkylation sites (tertiary alicyclic amines) is 1. The van der Waals surface area contributed by atoms with Gasteiger partial charge in [-0.25, -0.2) is 4.98 Å². The van der Waals surface area contributed by atoms with Gasteiger partial charge in [-0.15, -0.1) is 0 Å². The second-order valence-corrected chi connectivity index (χ2v) is 10.2. The molecule has 8 heteroatoms. The van der Waals surface area contributed by atoms with Crippen LogP contribution in [-0.4, -0.2) is 59.6 Å². The van der Waals surface area contributed by atoms with Gasteiger partial charge in [0.25, 0.3) is 0 Å². The van der Waals surface area contributed by atoms with E-state index in [1.54, 1.807) is 14.0 Å². The number of hydrogen-bond donors (Lipinski definition) is 0. The van der Waals surface area contributed by atoms with Gasteiger partial charge < -0.3 is 23.5 Å². The Bertz CT molecular complexity index is 1530. The van der Waals surface area contributed by atoms with E-state index in [1.807, 2.05) is 60.4 Å². The number of aryl methyl sites for hydroxylation is 1. The molecule has 2 aromatic carbocycles. The molecule has 0 bridgehead atoms. The first-order valence-corrected chi connectivity index (χ1v) is 14.3. The van der Waals surface area contributed by atoms with E-state index in [4.69, 9.17) is 19.2 Å². The van der Waals surface area contributed by atoms with E-state index in [-0.39, 0.29) is 17.8 Å². The van der Waals surface area contributed by atoms with Gasteiger partial charge in [-0.1, -0.05) is 24.3 Å². The highest BCUT2D eigenvalue weighted by Gasteiger charge is 2.29. The maximum Gasteiger partial charge on any atom is 0.310 e. The monoisotopic (exact) mass is 555 g/mol. The van der Waals surface area contributed by atoms with Crippen LogP contribution in [-0.2, 0) is 20.7 Å². The lowest BCUT2D eigenvalue weighted by molar-refractivity contribution is -0.151. The minimum Gasteiger partial charge on any atom is -0.497 e. The third kappa shape index (κ3) is 6.37. The van der Waals surface area contributed by atoms with Gasteiger partial charge in [0.15, 0.2) is 0 Å². The lowest BCUT2D eigenvalue weighted by Crippen LogP contribution is -2.42. The molecule has 4 aromatic rings. The zero-order chi connectivity index (χ0) is 28.8. The van der Waals surface area contributed by atoms with Crippen molar-refractivity contribution in [2.24, 2.45) is 5.92 Å². The number of fused-ring (bicyclic) bond motifs is 1. The normalized spacial score (nSPS) is 15.1. The summed E-state index contributed by atoms with van der Waals surface area (Å²) in [6, 6.07) is 19.9. The van der Waals surface area contributed by atoms with E-state index in [2.05, 4.69) is 22.7 Å². The Labute approximate surface area is 240 Å².